The molecule has 8 nitrogen and oxygen atoms in total. The van der Waals surface area contributed by atoms with Crippen LogP contribution in [0.3, 0.4) is 0 Å². The Morgan fingerprint density at radius 1 is 1.00 bits per heavy atom. The third-order valence-electron chi connectivity index (χ3n) is 3.93. The molecule has 174 valence electrons. The van der Waals surface area contributed by atoms with E-state index < -0.39 is 28.7 Å². The zero-order chi connectivity index (χ0) is 24.5. The van der Waals surface area contributed by atoms with Crippen molar-refractivity contribution in [2.45, 2.75) is 6.18 Å². The summed E-state index contributed by atoms with van der Waals surface area (Å²) in [6, 6.07) is 2.16. The number of urea groups is 1. The predicted molar refractivity (Wildman–Crippen MR) is 115 cm³/mol. The molecule has 2 aromatic heterocycles. The average Bonchev–Trinajstić information content (AvgIpc) is 3.03. The fourth-order valence-corrected chi connectivity index (χ4v) is 3.49. The molecule has 0 atom stereocenters. The first-order valence-electron chi connectivity index (χ1n) is 8.56. The number of halogens is 7. The highest BCUT2D eigenvalue weighted by Crippen LogP contribution is 2.41. The first-order chi connectivity index (χ1) is 15.4. The molecule has 0 bridgehead atoms. The number of aryl methyl sites for hydroxylation is 1. The number of aromatic nitrogens is 3. The third-order valence-corrected chi connectivity index (χ3v) is 5.03. The van der Waals surface area contributed by atoms with E-state index in [1.807, 2.05) is 0 Å². The summed E-state index contributed by atoms with van der Waals surface area (Å²) in [6.07, 6.45) is -2.86. The van der Waals surface area contributed by atoms with Gasteiger partial charge in [0.25, 0.3) is 5.91 Å². The monoisotopic (exact) mass is 541 g/mol. The summed E-state index contributed by atoms with van der Waals surface area (Å²) in [5.41, 5.74) is -1.03. The number of nitrogens with zero attached hydrogens (tertiary/aromatic N) is 3. The topological polar surface area (TPSA) is 98.1 Å². The van der Waals surface area contributed by atoms with E-state index in [2.05, 4.69) is 20.7 Å². The van der Waals surface area contributed by atoms with Gasteiger partial charge in [-0.2, -0.15) is 18.3 Å². The molecule has 2 heterocycles. The minimum absolute atomic E-state index is 0.0347. The Bertz CT molecular complexity index is 1210. The molecular weight excluding hydrogens is 533 g/mol. The average molecular weight is 543 g/mol. The van der Waals surface area contributed by atoms with Crippen LogP contribution in [0.15, 0.2) is 30.6 Å². The molecule has 0 aliphatic heterocycles. The first-order valence-corrected chi connectivity index (χ1v) is 10.1. The van der Waals surface area contributed by atoms with E-state index in [4.69, 9.17) is 51.1 Å². The Morgan fingerprint density at radius 3 is 2.15 bits per heavy atom. The van der Waals surface area contributed by atoms with Crippen LogP contribution in [0.1, 0.15) is 16.1 Å². The van der Waals surface area contributed by atoms with E-state index in [1.54, 1.807) is 0 Å². The van der Waals surface area contributed by atoms with Gasteiger partial charge in [-0.1, -0.05) is 46.4 Å². The highest BCUT2D eigenvalue weighted by molar-refractivity contribution is 6.38. The second-order valence-corrected chi connectivity index (χ2v) is 7.88. The number of pyridine rings is 1. The molecule has 3 amide bonds. The molecule has 0 spiro atoms. The van der Waals surface area contributed by atoms with Crippen LogP contribution in [-0.4, -0.2) is 26.7 Å². The highest BCUT2D eigenvalue weighted by Gasteiger charge is 2.32. The zero-order valence-corrected chi connectivity index (χ0v) is 19.1. The van der Waals surface area contributed by atoms with Gasteiger partial charge in [-0.3, -0.25) is 14.8 Å². The fourth-order valence-electron chi connectivity index (χ4n) is 2.47. The first kappa shape index (κ1) is 24.9. The third kappa shape index (κ3) is 5.80. The summed E-state index contributed by atoms with van der Waals surface area (Å²) in [7, 11) is 1.47. The van der Waals surface area contributed by atoms with Gasteiger partial charge in [0.15, 0.2) is 5.75 Å². The minimum Gasteiger partial charge on any atom is -0.434 e. The zero-order valence-electron chi connectivity index (χ0n) is 16.1. The molecule has 0 fully saturated rings. The van der Waals surface area contributed by atoms with Crippen LogP contribution in [0, 0.1) is 0 Å². The van der Waals surface area contributed by atoms with Gasteiger partial charge in [-0.15, -0.1) is 0 Å². The van der Waals surface area contributed by atoms with E-state index >= 15 is 0 Å². The number of alkyl halides is 3. The van der Waals surface area contributed by atoms with Gasteiger partial charge in [0.05, 0.1) is 26.8 Å². The van der Waals surface area contributed by atoms with Crippen LogP contribution in [0.4, 0.5) is 23.7 Å². The van der Waals surface area contributed by atoms with Crippen molar-refractivity contribution in [1.82, 2.24) is 20.1 Å². The van der Waals surface area contributed by atoms with Gasteiger partial charge in [-0.25, -0.2) is 9.78 Å². The largest absolute Gasteiger partial charge is 0.434 e. The summed E-state index contributed by atoms with van der Waals surface area (Å²) >= 11 is 23.9. The maximum absolute atomic E-state index is 12.7. The Kier molecular flexibility index (Phi) is 7.27. The molecule has 15 heteroatoms. The number of amides is 3. The summed E-state index contributed by atoms with van der Waals surface area (Å²) in [4.78, 5) is 27.9. The number of imide groups is 1. The number of benzene rings is 1. The van der Waals surface area contributed by atoms with Gasteiger partial charge in [0, 0.05) is 18.9 Å². The molecule has 33 heavy (non-hydrogen) atoms. The van der Waals surface area contributed by atoms with E-state index in [9.17, 15) is 22.8 Å². The lowest BCUT2D eigenvalue weighted by atomic mass is 10.2. The van der Waals surface area contributed by atoms with Crippen molar-refractivity contribution >= 4 is 64.0 Å². The van der Waals surface area contributed by atoms with Crippen molar-refractivity contribution in [3.05, 3.63) is 61.9 Å². The van der Waals surface area contributed by atoms with Crippen molar-refractivity contribution in [3.63, 3.8) is 0 Å². The Hall–Kier alpha value is -2.73. The summed E-state index contributed by atoms with van der Waals surface area (Å²) in [5, 5.41) is 7.56. The van der Waals surface area contributed by atoms with Gasteiger partial charge < -0.3 is 10.1 Å². The maximum Gasteiger partial charge on any atom is 0.417 e. The van der Waals surface area contributed by atoms with Crippen LogP contribution in [0.25, 0.3) is 0 Å². The molecule has 0 aliphatic rings. The lowest BCUT2D eigenvalue weighted by Gasteiger charge is -2.14. The number of hydrogen-bond acceptors (Lipinski definition) is 5. The van der Waals surface area contributed by atoms with Crippen LogP contribution in [-0.2, 0) is 13.2 Å². The molecule has 1 aromatic carbocycles. The Morgan fingerprint density at radius 2 is 1.64 bits per heavy atom. The van der Waals surface area contributed by atoms with Gasteiger partial charge in [0.2, 0.25) is 5.88 Å². The standard InChI is InChI=1S/C18H10Cl4F3N5O3/c1-30-13(12(22)6-27-30)15(31)29-17(32)28-8-3-9(19)14(10(20)4-8)33-16-11(21)2-7(5-26-16)18(23,24)25/h2-6H,1H3,(H2,28,29,31,32). The SMILES string of the molecule is Cn1ncc(Cl)c1C(=O)NC(=O)Nc1cc(Cl)c(Oc2ncc(C(F)(F)F)cc2Cl)c(Cl)c1. The minimum atomic E-state index is -4.64. The van der Waals surface area contributed by atoms with E-state index in [0.717, 1.165) is 0 Å². The van der Waals surface area contributed by atoms with Crippen molar-refractivity contribution in [3.8, 4) is 11.6 Å². The number of ether oxygens (including phenoxy) is 1. The maximum atomic E-state index is 12.7. The van der Waals surface area contributed by atoms with Crippen molar-refractivity contribution in [1.29, 1.82) is 0 Å². The molecular formula is C18H10Cl4F3N5O3. The van der Waals surface area contributed by atoms with E-state index in [-0.39, 0.29) is 38.1 Å². The lowest BCUT2D eigenvalue weighted by molar-refractivity contribution is -0.137. The second-order valence-electron chi connectivity index (χ2n) is 6.25. The number of carbonyl (C=O) groups is 2. The van der Waals surface area contributed by atoms with E-state index in [1.165, 1.54) is 30.1 Å². The van der Waals surface area contributed by atoms with Gasteiger partial charge >= 0.3 is 12.2 Å². The van der Waals surface area contributed by atoms with Crippen molar-refractivity contribution in [2.75, 3.05) is 5.32 Å². The van der Waals surface area contributed by atoms with E-state index in [0.29, 0.717) is 12.3 Å². The highest BCUT2D eigenvalue weighted by atomic mass is 35.5. The molecule has 0 saturated carbocycles. The number of anilines is 1. The van der Waals surface area contributed by atoms with Crippen LogP contribution in [0.2, 0.25) is 20.1 Å². The molecule has 0 saturated heterocycles. The van der Waals surface area contributed by atoms with Crippen molar-refractivity contribution < 1.29 is 27.5 Å². The predicted octanol–water partition coefficient (Wildman–Crippen LogP) is 6.20. The molecule has 2 N–H and O–H groups in total. The second kappa shape index (κ2) is 9.64. The Balaban J connectivity index is 1.74. The molecule has 0 aliphatic carbocycles. The number of rotatable bonds is 4. The van der Waals surface area contributed by atoms with Gasteiger partial charge in [-0.05, 0) is 18.2 Å². The normalized spacial score (nSPS) is 11.3. The molecule has 3 rings (SSSR count). The summed E-state index contributed by atoms with van der Waals surface area (Å²) in [5.74, 6) is -1.35. The number of hydrogen-bond donors (Lipinski definition) is 2. The molecule has 3 aromatic rings. The number of nitrogens with one attached hydrogen (secondary N) is 2. The van der Waals surface area contributed by atoms with Crippen LogP contribution < -0.4 is 15.4 Å². The summed E-state index contributed by atoms with van der Waals surface area (Å²) in [6.45, 7) is 0. The van der Waals surface area contributed by atoms with Crippen molar-refractivity contribution in [2.24, 2.45) is 7.05 Å². The smallest absolute Gasteiger partial charge is 0.417 e. The molecule has 0 radical (unpaired) electrons. The Labute approximate surface area is 203 Å². The van der Waals surface area contributed by atoms with Gasteiger partial charge in [0.1, 0.15) is 10.7 Å². The quantitative estimate of drug-likeness (QED) is 0.409. The summed E-state index contributed by atoms with van der Waals surface area (Å²) < 4.78 is 44.8. The number of carbonyl (C=O) groups excluding carboxylic acids is 2. The van der Waals surface area contributed by atoms with Crippen LogP contribution in [0.5, 0.6) is 11.6 Å². The molecule has 0 unspecified atom stereocenters. The van der Waals surface area contributed by atoms with Crippen LogP contribution >= 0.6 is 46.4 Å². The lowest BCUT2D eigenvalue weighted by Crippen LogP contribution is -2.35. The fraction of sp³-hybridized carbons (Fsp3) is 0.111.